The van der Waals surface area contributed by atoms with E-state index in [-0.39, 0.29) is 18.3 Å². The van der Waals surface area contributed by atoms with E-state index in [1.54, 1.807) is 0 Å². The minimum Gasteiger partial charge on any atom is -0.381 e. The number of rotatable bonds is 3. The van der Waals surface area contributed by atoms with Gasteiger partial charge in [0.05, 0.1) is 0 Å². The third-order valence-electron chi connectivity index (χ3n) is 2.38. The van der Waals surface area contributed by atoms with Gasteiger partial charge >= 0.3 is 0 Å². The van der Waals surface area contributed by atoms with Crippen molar-refractivity contribution in [3.63, 3.8) is 0 Å². The Morgan fingerprint density at radius 2 is 2.11 bits per heavy atom. The number of nitrogens with one attached hydrogen (secondary N) is 1. The summed E-state index contributed by atoms with van der Waals surface area (Å²) in [5.41, 5.74) is 7.38. The van der Waals surface area contributed by atoms with Crippen molar-refractivity contribution in [1.29, 1.82) is 0 Å². The van der Waals surface area contributed by atoms with E-state index in [9.17, 15) is 4.79 Å². The molecule has 0 fully saturated rings. The van der Waals surface area contributed by atoms with Crippen LogP contribution in [0.15, 0.2) is 30.5 Å². The number of nitrogens with zero attached hydrogens (tertiary/aromatic N) is 2. The van der Waals surface area contributed by atoms with Crippen LogP contribution >= 0.6 is 11.6 Å². The quantitative estimate of drug-likeness (QED) is 0.891. The van der Waals surface area contributed by atoms with Crippen LogP contribution in [0.3, 0.4) is 0 Å². The van der Waals surface area contributed by atoms with Gasteiger partial charge in [0.2, 0.25) is 5.91 Å². The van der Waals surface area contributed by atoms with Crippen LogP contribution in [0.5, 0.6) is 0 Å². The van der Waals surface area contributed by atoms with Gasteiger partial charge in [0, 0.05) is 11.9 Å². The second-order valence-electron chi connectivity index (χ2n) is 3.97. The largest absolute Gasteiger partial charge is 0.381 e. The normalized spacial score (nSPS) is 10.3. The third-order valence-corrected chi connectivity index (χ3v) is 2.68. The first kappa shape index (κ1) is 12.4. The van der Waals surface area contributed by atoms with Gasteiger partial charge in [-0.05, 0) is 19.1 Å². The van der Waals surface area contributed by atoms with Gasteiger partial charge in [-0.2, -0.15) is 5.10 Å². The number of carbonyl (C=O) groups excluding carboxylic acids is 1. The average Bonchev–Trinajstić information content (AvgIpc) is 2.61. The van der Waals surface area contributed by atoms with E-state index >= 15 is 0 Å². The minimum absolute atomic E-state index is 0.0742. The summed E-state index contributed by atoms with van der Waals surface area (Å²) < 4.78 is 1.40. The molecule has 3 N–H and O–H groups in total. The van der Waals surface area contributed by atoms with Gasteiger partial charge in [-0.25, -0.2) is 0 Å². The van der Waals surface area contributed by atoms with Crippen molar-refractivity contribution in [2.75, 3.05) is 11.1 Å². The number of halogens is 1. The molecule has 0 saturated heterocycles. The van der Waals surface area contributed by atoms with Crippen molar-refractivity contribution in [2.45, 2.75) is 13.5 Å². The highest BCUT2D eigenvalue weighted by molar-refractivity contribution is 6.32. The highest BCUT2D eigenvalue weighted by Gasteiger charge is 2.07. The summed E-state index contributed by atoms with van der Waals surface area (Å²) in [5, 5.41) is 7.02. The molecular formula is C12H13ClN4O. The first-order valence-electron chi connectivity index (χ1n) is 5.39. The Hall–Kier alpha value is -2.01. The van der Waals surface area contributed by atoms with Gasteiger partial charge in [0.15, 0.2) is 5.82 Å². The van der Waals surface area contributed by atoms with Crippen molar-refractivity contribution in [3.05, 3.63) is 41.0 Å². The zero-order valence-corrected chi connectivity index (χ0v) is 10.6. The number of carbonyl (C=O) groups is 1. The molecular weight excluding hydrogens is 252 g/mol. The van der Waals surface area contributed by atoms with E-state index in [0.717, 1.165) is 11.3 Å². The average molecular weight is 265 g/mol. The number of aryl methyl sites for hydroxylation is 1. The molecule has 0 aliphatic carbocycles. The van der Waals surface area contributed by atoms with E-state index < -0.39 is 0 Å². The summed E-state index contributed by atoms with van der Waals surface area (Å²) >= 11 is 5.75. The maximum absolute atomic E-state index is 11.7. The molecule has 0 radical (unpaired) electrons. The van der Waals surface area contributed by atoms with Crippen molar-refractivity contribution in [1.82, 2.24) is 9.78 Å². The van der Waals surface area contributed by atoms with E-state index in [0.29, 0.717) is 5.02 Å². The number of amides is 1. The fraction of sp³-hybridized carbons (Fsp3) is 0.167. The SMILES string of the molecule is Cc1ccc(NC(=O)Cn2cc(Cl)c(N)n2)cc1. The van der Waals surface area contributed by atoms with Crippen LogP contribution < -0.4 is 11.1 Å². The number of hydrogen-bond donors (Lipinski definition) is 2. The highest BCUT2D eigenvalue weighted by Crippen LogP contribution is 2.15. The molecule has 0 aliphatic heterocycles. The van der Waals surface area contributed by atoms with E-state index in [1.807, 2.05) is 31.2 Å². The zero-order chi connectivity index (χ0) is 13.1. The molecule has 0 aliphatic rings. The zero-order valence-electron chi connectivity index (χ0n) is 9.85. The second-order valence-corrected chi connectivity index (χ2v) is 4.38. The number of benzene rings is 1. The molecule has 1 aromatic heterocycles. The predicted molar refractivity (Wildman–Crippen MR) is 71.5 cm³/mol. The first-order valence-corrected chi connectivity index (χ1v) is 5.77. The molecule has 0 spiro atoms. The Morgan fingerprint density at radius 3 is 2.67 bits per heavy atom. The molecule has 5 nitrogen and oxygen atoms in total. The summed E-state index contributed by atoms with van der Waals surface area (Å²) in [7, 11) is 0. The molecule has 6 heteroatoms. The Balaban J connectivity index is 1.98. The van der Waals surface area contributed by atoms with Crippen LogP contribution in [0.1, 0.15) is 5.56 Å². The fourth-order valence-corrected chi connectivity index (χ4v) is 1.63. The standard InChI is InChI=1S/C12H13ClN4O/c1-8-2-4-9(5-3-8)15-11(18)7-17-6-10(13)12(14)16-17/h2-6H,7H2,1H3,(H2,14,16)(H,15,18). The van der Waals surface area contributed by atoms with Gasteiger partial charge in [0.25, 0.3) is 0 Å². The third kappa shape index (κ3) is 3.01. The van der Waals surface area contributed by atoms with E-state index in [2.05, 4.69) is 10.4 Å². The highest BCUT2D eigenvalue weighted by atomic mass is 35.5. The molecule has 1 aromatic carbocycles. The Morgan fingerprint density at radius 1 is 1.44 bits per heavy atom. The number of hydrogen-bond acceptors (Lipinski definition) is 3. The maximum Gasteiger partial charge on any atom is 0.246 e. The molecule has 1 amide bonds. The number of nitrogens with two attached hydrogens (primary N) is 1. The van der Waals surface area contributed by atoms with Crippen LogP contribution in [0.4, 0.5) is 11.5 Å². The van der Waals surface area contributed by atoms with E-state index in [4.69, 9.17) is 17.3 Å². The van der Waals surface area contributed by atoms with Crippen molar-refractivity contribution in [2.24, 2.45) is 0 Å². The molecule has 0 saturated carbocycles. The molecule has 1 heterocycles. The lowest BCUT2D eigenvalue weighted by Crippen LogP contribution is -2.19. The van der Waals surface area contributed by atoms with E-state index in [1.165, 1.54) is 10.9 Å². The number of anilines is 2. The van der Waals surface area contributed by atoms with Crippen molar-refractivity contribution in [3.8, 4) is 0 Å². The molecule has 2 aromatic rings. The molecule has 2 rings (SSSR count). The Labute approximate surface area is 110 Å². The molecule has 0 unspecified atom stereocenters. The second kappa shape index (κ2) is 5.10. The summed E-state index contributed by atoms with van der Waals surface area (Å²) in [6, 6.07) is 7.55. The van der Waals surface area contributed by atoms with Gasteiger partial charge in [-0.3, -0.25) is 9.48 Å². The first-order chi connectivity index (χ1) is 8.54. The lowest BCUT2D eigenvalue weighted by molar-refractivity contribution is -0.116. The summed E-state index contributed by atoms with van der Waals surface area (Å²) in [6.07, 6.45) is 1.52. The minimum atomic E-state index is -0.182. The summed E-state index contributed by atoms with van der Waals surface area (Å²) in [5.74, 6) is 0.0397. The Bertz CT molecular complexity index is 542. The summed E-state index contributed by atoms with van der Waals surface area (Å²) in [4.78, 5) is 11.7. The monoisotopic (exact) mass is 264 g/mol. The smallest absolute Gasteiger partial charge is 0.246 e. The molecule has 18 heavy (non-hydrogen) atoms. The van der Waals surface area contributed by atoms with Gasteiger partial charge in [-0.1, -0.05) is 29.3 Å². The van der Waals surface area contributed by atoms with Gasteiger partial charge in [-0.15, -0.1) is 0 Å². The van der Waals surface area contributed by atoms with Crippen LogP contribution in [0, 0.1) is 6.92 Å². The van der Waals surface area contributed by atoms with Crippen LogP contribution in [-0.4, -0.2) is 15.7 Å². The fourth-order valence-electron chi connectivity index (χ4n) is 1.48. The lowest BCUT2D eigenvalue weighted by Gasteiger charge is -2.05. The maximum atomic E-state index is 11.7. The van der Waals surface area contributed by atoms with Crippen LogP contribution in [0.2, 0.25) is 5.02 Å². The molecule has 94 valence electrons. The van der Waals surface area contributed by atoms with Crippen molar-refractivity contribution < 1.29 is 4.79 Å². The van der Waals surface area contributed by atoms with Crippen molar-refractivity contribution >= 4 is 29.0 Å². The van der Waals surface area contributed by atoms with Crippen LogP contribution in [0.25, 0.3) is 0 Å². The van der Waals surface area contributed by atoms with Gasteiger partial charge < -0.3 is 11.1 Å². The van der Waals surface area contributed by atoms with Crippen LogP contribution in [-0.2, 0) is 11.3 Å². The number of nitrogen functional groups attached to an aromatic ring is 1. The predicted octanol–water partition coefficient (Wildman–Crippen LogP) is 2.07. The lowest BCUT2D eigenvalue weighted by atomic mass is 10.2. The number of aromatic nitrogens is 2. The molecule has 0 bridgehead atoms. The Kier molecular flexibility index (Phi) is 3.53. The topological polar surface area (TPSA) is 72.9 Å². The van der Waals surface area contributed by atoms with Gasteiger partial charge in [0.1, 0.15) is 11.6 Å². The molecule has 0 atom stereocenters. The summed E-state index contributed by atoms with van der Waals surface area (Å²) in [6.45, 7) is 2.06.